The molecular formula is C16H19NO3. The van der Waals surface area contributed by atoms with Crippen LogP contribution in [0.4, 0.5) is 0 Å². The van der Waals surface area contributed by atoms with E-state index in [4.69, 9.17) is 5.11 Å². The minimum Gasteiger partial charge on any atom is -0.481 e. The summed E-state index contributed by atoms with van der Waals surface area (Å²) < 4.78 is 0. The largest absolute Gasteiger partial charge is 0.481 e. The number of hydrogen-bond acceptors (Lipinski definition) is 2. The normalized spacial score (nSPS) is 22.0. The molecule has 1 aliphatic carbocycles. The molecule has 1 aromatic rings. The first-order chi connectivity index (χ1) is 9.63. The number of carbonyl (C=O) groups is 2. The molecule has 1 saturated heterocycles. The second-order valence-electron chi connectivity index (χ2n) is 5.91. The van der Waals surface area contributed by atoms with Crippen LogP contribution in [0.15, 0.2) is 24.3 Å². The zero-order valence-electron chi connectivity index (χ0n) is 11.4. The second-order valence-corrected chi connectivity index (χ2v) is 5.91. The molecule has 0 spiro atoms. The molecule has 1 atom stereocenters. The first-order valence-electron chi connectivity index (χ1n) is 7.21. The maximum Gasteiger partial charge on any atom is 0.303 e. The van der Waals surface area contributed by atoms with E-state index in [0.717, 1.165) is 19.3 Å². The minimum atomic E-state index is -0.766. The van der Waals surface area contributed by atoms with Crippen molar-refractivity contribution in [2.75, 3.05) is 13.1 Å². The van der Waals surface area contributed by atoms with E-state index in [9.17, 15) is 9.59 Å². The van der Waals surface area contributed by atoms with Crippen molar-refractivity contribution in [3.63, 3.8) is 0 Å². The van der Waals surface area contributed by atoms with E-state index < -0.39 is 5.97 Å². The van der Waals surface area contributed by atoms with Crippen LogP contribution in [0.1, 0.15) is 24.0 Å². The molecule has 4 nitrogen and oxygen atoms in total. The number of hydrogen-bond donors (Lipinski definition) is 1. The summed E-state index contributed by atoms with van der Waals surface area (Å²) in [6, 6.07) is 8.23. The summed E-state index contributed by atoms with van der Waals surface area (Å²) in [4.78, 5) is 25.1. The van der Waals surface area contributed by atoms with Gasteiger partial charge in [-0.2, -0.15) is 0 Å². The van der Waals surface area contributed by atoms with Gasteiger partial charge < -0.3 is 10.0 Å². The van der Waals surface area contributed by atoms with Gasteiger partial charge in [0.1, 0.15) is 0 Å². The Hall–Kier alpha value is -1.84. The van der Waals surface area contributed by atoms with Crippen LogP contribution in [0.3, 0.4) is 0 Å². The van der Waals surface area contributed by atoms with E-state index in [1.165, 1.54) is 11.1 Å². The van der Waals surface area contributed by atoms with Crippen LogP contribution in [0, 0.1) is 11.8 Å². The molecular weight excluding hydrogens is 254 g/mol. The Kier molecular flexibility index (Phi) is 3.47. The van der Waals surface area contributed by atoms with Gasteiger partial charge in [0.2, 0.25) is 5.91 Å². The van der Waals surface area contributed by atoms with Crippen LogP contribution in [-0.2, 0) is 22.4 Å². The van der Waals surface area contributed by atoms with Crippen LogP contribution in [0.25, 0.3) is 0 Å². The Balaban J connectivity index is 1.60. The van der Waals surface area contributed by atoms with Gasteiger partial charge in [-0.25, -0.2) is 0 Å². The molecule has 106 valence electrons. The molecule has 1 fully saturated rings. The molecule has 1 aliphatic heterocycles. The third-order valence-corrected chi connectivity index (χ3v) is 4.46. The molecule has 0 radical (unpaired) electrons. The highest BCUT2D eigenvalue weighted by Gasteiger charge is 2.34. The van der Waals surface area contributed by atoms with Crippen LogP contribution >= 0.6 is 0 Å². The summed E-state index contributed by atoms with van der Waals surface area (Å²) in [6.07, 6.45) is 2.65. The molecule has 1 unspecified atom stereocenters. The lowest BCUT2D eigenvalue weighted by atomic mass is 10.0. The van der Waals surface area contributed by atoms with Gasteiger partial charge >= 0.3 is 5.97 Å². The van der Waals surface area contributed by atoms with Gasteiger partial charge in [-0.05, 0) is 36.3 Å². The maximum absolute atomic E-state index is 12.5. The van der Waals surface area contributed by atoms with E-state index in [2.05, 4.69) is 12.1 Å². The van der Waals surface area contributed by atoms with Crippen molar-refractivity contribution in [1.82, 2.24) is 4.90 Å². The molecule has 0 aromatic heterocycles. The summed E-state index contributed by atoms with van der Waals surface area (Å²) in [7, 11) is 0. The SMILES string of the molecule is O=C(O)CC1CCN(C(=O)C2Cc3ccccc3C2)C1. The number of rotatable bonds is 3. The Morgan fingerprint density at radius 1 is 1.20 bits per heavy atom. The summed E-state index contributed by atoms with van der Waals surface area (Å²) in [5, 5.41) is 8.83. The van der Waals surface area contributed by atoms with Crippen LogP contribution < -0.4 is 0 Å². The highest BCUT2D eigenvalue weighted by Crippen LogP contribution is 2.30. The van der Waals surface area contributed by atoms with Crippen molar-refractivity contribution in [1.29, 1.82) is 0 Å². The third kappa shape index (κ3) is 2.55. The number of benzene rings is 1. The van der Waals surface area contributed by atoms with Crippen molar-refractivity contribution in [3.8, 4) is 0 Å². The molecule has 20 heavy (non-hydrogen) atoms. The Morgan fingerprint density at radius 3 is 2.45 bits per heavy atom. The smallest absolute Gasteiger partial charge is 0.303 e. The number of fused-ring (bicyclic) bond motifs is 1. The average molecular weight is 273 g/mol. The Labute approximate surface area is 118 Å². The molecule has 1 N–H and O–H groups in total. The van der Waals surface area contributed by atoms with E-state index in [1.807, 2.05) is 17.0 Å². The van der Waals surface area contributed by atoms with Gasteiger partial charge in [0.05, 0.1) is 0 Å². The fraction of sp³-hybridized carbons (Fsp3) is 0.500. The van der Waals surface area contributed by atoms with Crippen molar-refractivity contribution >= 4 is 11.9 Å². The highest BCUT2D eigenvalue weighted by molar-refractivity contribution is 5.81. The lowest BCUT2D eigenvalue weighted by Gasteiger charge is -2.20. The van der Waals surface area contributed by atoms with Crippen molar-refractivity contribution in [3.05, 3.63) is 35.4 Å². The number of carbonyl (C=O) groups excluding carboxylic acids is 1. The van der Waals surface area contributed by atoms with Gasteiger partial charge in [0, 0.05) is 25.4 Å². The first kappa shape index (κ1) is 13.2. The first-order valence-corrected chi connectivity index (χ1v) is 7.21. The average Bonchev–Trinajstić information content (AvgIpc) is 3.03. The Bertz CT molecular complexity index is 515. The van der Waals surface area contributed by atoms with E-state index in [-0.39, 0.29) is 24.2 Å². The van der Waals surface area contributed by atoms with Gasteiger partial charge in [-0.3, -0.25) is 9.59 Å². The maximum atomic E-state index is 12.5. The lowest BCUT2D eigenvalue weighted by molar-refractivity contribution is -0.139. The van der Waals surface area contributed by atoms with Crippen molar-refractivity contribution in [2.45, 2.75) is 25.7 Å². The molecule has 1 amide bonds. The predicted octanol–water partition coefficient (Wildman–Crippen LogP) is 1.72. The number of nitrogens with zero attached hydrogens (tertiary/aromatic N) is 1. The zero-order chi connectivity index (χ0) is 14.1. The van der Waals surface area contributed by atoms with Crippen LogP contribution in [0.2, 0.25) is 0 Å². The van der Waals surface area contributed by atoms with Crippen LogP contribution in [0.5, 0.6) is 0 Å². The standard InChI is InChI=1S/C16H19NO3/c18-15(19)7-11-5-6-17(10-11)16(20)14-8-12-3-1-2-4-13(12)9-14/h1-4,11,14H,5-10H2,(H,18,19). The third-order valence-electron chi connectivity index (χ3n) is 4.46. The van der Waals surface area contributed by atoms with Gasteiger partial charge in [-0.1, -0.05) is 24.3 Å². The highest BCUT2D eigenvalue weighted by atomic mass is 16.4. The zero-order valence-corrected chi connectivity index (χ0v) is 11.4. The van der Waals surface area contributed by atoms with E-state index in [1.54, 1.807) is 0 Å². The molecule has 0 saturated carbocycles. The monoisotopic (exact) mass is 273 g/mol. The van der Waals surface area contributed by atoms with E-state index in [0.29, 0.717) is 13.1 Å². The van der Waals surface area contributed by atoms with Crippen molar-refractivity contribution in [2.24, 2.45) is 11.8 Å². The molecule has 2 aliphatic rings. The van der Waals surface area contributed by atoms with Crippen molar-refractivity contribution < 1.29 is 14.7 Å². The molecule has 4 heteroatoms. The summed E-state index contributed by atoms with van der Waals surface area (Å²) in [5.74, 6) is -0.386. The summed E-state index contributed by atoms with van der Waals surface area (Å²) >= 11 is 0. The summed E-state index contributed by atoms with van der Waals surface area (Å²) in [5.41, 5.74) is 2.57. The quantitative estimate of drug-likeness (QED) is 0.912. The fourth-order valence-corrected chi connectivity index (χ4v) is 3.44. The minimum absolute atomic E-state index is 0.0518. The predicted molar refractivity (Wildman–Crippen MR) is 74.3 cm³/mol. The lowest BCUT2D eigenvalue weighted by Crippen LogP contribution is -2.35. The topological polar surface area (TPSA) is 57.6 Å². The molecule has 1 aromatic carbocycles. The fourth-order valence-electron chi connectivity index (χ4n) is 3.44. The molecule has 0 bridgehead atoms. The van der Waals surface area contributed by atoms with Gasteiger partial charge in [-0.15, -0.1) is 0 Å². The number of likely N-dealkylation sites (tertiary alicyclic amines) is 1. The van der Waals surface area contributed by atoms with Gasteiger partial charge in [0.25, 0.3) is 0 Å². The van der Waals surface area contributed by atoms with Gasteiger partial charge in [0.15, 0.2) is 0 Å². The number of carboxylic acid groups (broad SMARTS) is 1. The summed E-state index contributed by atoms with van der Waals surface area (Å²) in [6.45, 7) is 1.32. The molecule has 3 rings (SSSR count). The number of carboxylic acids is 1. The second kappa shape index (κ2) is 5.27. The van der Waals surface area contributed by atoms with Crippen LogP contribution in [-0.4, -0.2) is 35.0 Å². The Morgan fingerprint density at radius 2 is 1.85 bits per heavy atom. The number of amides is 1. The van der Waals surface area contributed by atoms with E-state index >= 15 is 0 Å². The molecule has 1 heterocycles. The number of aliphatic carboxylic acids is 1.